The van der Waals surface area contributed by atoms with Crippen LogP contribution in [0.4, 0.5) is 0 Å². The van der Waals surface area contributed by atoms with E-state index >= 15 is 0 Å². The second-order valence-electron chi connectivity index (χ2n) is 5.02. The normalized spacial score (nSPS) is 11.4. The minimum Gasteiger partial charge on any atom is -0.342 e. The topological polar surface area (TPSA) is 66.5 Å². The van der Waals surface area contributed by atoms with Gasteiger partial charge in [-0.05, 0) is 31.9 Å². The lowest BCUT2D eigenvalue weighted by Gasteiger charge is -2.21. The summed E-state index contributed by atoms with van der Waals surface area (Å²) in [4.78, 5) is 13.9. The molecule has 118 valence electrons. The maximum Gasteiger partial charge on any atom is 0.241 e. The van der Waals surface area contributed by atoms with Crippen LogP contribution < -0.4 is 4.72 Å². The Bertz CT molecular complexity index is 547. The molecule has 1 amide bonds. The number of nitrogens with zero attached hydrogens (tertiary/aromatic N) is 1. The molecule has 0 aromatic heterocycles. The van der Waals surface area contributed by atoms with Crippen LogP contribution in [0.15, 0.2) is 29.2 Å². The number of benzene rings is 1. The van der Waals surface area contributed by atoms with Gasteiger partial charge in [0.15, 0.2) is 0 Å². The average molecular weight is 312 g/mol. The monoisotopic (exact) mass is 312 g/mol. The van der Waals surface area contributed by atoms with E-state index in [1.54, 1.807) is 17.0 Å². The van der Waals surface area contributed by atoms with Crippen molar-refractivity contribution in [2.24, 2.45) is 0 Å². The van der Waals surface area contributed by atoms with E-state index in [1.807, 2.05) is 20.8 Å². The van der Waals surface area contributed by atoms with E-state index in [1.165, 1.54) is 12.1 Å². The van der Waals surface area contributed by atoms with Gasteiger partial charge in [0.25, 0.3) is 0 Å². The van der Waals surface area contributed by atoms with Crippen LogP contribution in [-0.2, 0) is 14.8 Å². The van der Waals surface area contributed by atoms with Gasteiger partial charge in [0.2, 0.25) is 15.9 Å². The third-order valence-corrected chi connectivity index (χ3v) is 4.50. The lowest BCUT2D eigenvalue weighted by Crippen LogP contribution is -2.40. The zero-order valence-corrected chi connectivity index (χ0v) is 13.7. The molecule has 0 radical (unpaired) electrons. The fourth-order valence-corrected chi connectivity index (χ4v) is 2.94. The summed E-state index contributed by atoms with van der Waals surface area (Å²) in [6.45, 7) is 6.98. The minimum absolute atomic E-state index is 0.179. The molecule has 0 aliphatic heterocycles. The van der Waals surface area contributed by atoms with Crippen molar-refractivity contribution in [2.75, 3.05) is 19.6 Å². The van der Waals surface area contributed by atoms with Crippen molar-refractivity contribution in [1.29, 1.82) is 0 Å². The number of carbonyl (C=O) groups excluding carboxylic acids is 1. The fraction of sp³-hybridized carbons (Fsp3) is 0.533. The van der Waals surface area contributed by atoms with Crippen molar-refractivity contribution in [2.45, 2.75) is 38.5 Å². The maximum absolute atomic E-state index is 12.1. The molecule has 0 fully saturated rings. The SMILES string of the molecule is CCCN(CCC)C(=O)CNS(=O)(=O)c1ccc(C)cc1. The van der Waals surface area contributed by atoms with Gasteiger partial charge < -0.3 is 4.90 Å². The van der Waals surface area contributed by atoms with Gasteiger partial charge >= 0.3 is 0 Å². The van der Waals surface area contributed by atoms with Crippen LogP contribution in [0.5, 0.6) is 0 Å². The molecule has 1 N–H and O–H groups in total. The maximum atomic E-state index is 12.1. The van der Waals surface area contributed by atoms with Crippen molar-refractivity contribution >= 4 is 15.9 Å². The molecule has 6 heteroatoms. The molecular formula is C15H24N2O3S. The standard InChI is InChI=1S/C15H24N2O3S/c1-4-10-17(11-5-2)15(18)12-16-21(19,20)14-8-6-13(3)7-9-14/h6-9,16H,4-5,10-12H2,1-3H3. The third kappa shape index (κ3) is 5.47. The highest BCUT2D eigenvalue weighted by atomic mass is 32.2. The third-order valence-electron chi connectivity index (χ3n) is 3.08. The zero-order valence-electron chi connectivity index (χ0n) is 12.9. The van der Waals surface area contributed by atoms with E-state index < -0.39 is 10.0 Å². The Labute approximate surface area is 127 Å². The largest absolute Gasteiger partial charge is 0.342 e. The highest BCUT2D eigenvalue weighted by Gasteiger charge is 2.18. The molecule has 0 unspecified atom stereocenters. The fourth-order valence-electron chi connectivity index (χ4n) is 1.97. The molecule has 0 spiro atoms. The van der Waals surface area contributed by atoms with Gasteiger partial charge in [-0.15, -0.1) is 0 Å². The number of amides is 1. The summed E-state index contributed by atoms with van der Waals surface area (Å²) in [7, 11) is -3.63. The highest BCUT2D eigenvalue weighted by molar-refractivity contribution is 7.89. The van der Waals surface area contributed by atoms with Crippen LogP contribution >= 0.6 is 0 Å². The second kappa shape index (κ2) is 8.14. The summed E-state index contributed by atoms with van der Waals surface area (Å²) in [6, 6.07) is 6.55. The molecule has 0 bridgehead atoms. The predicted molar refractivity (Wildman–Crippen MR) is 83.5 cm³/mol. The van der Waals surface area contributed by atoms with Gasteiger partial charge in [-0.2, -0.15) is 0 Å². The molecule has 0 heterocycles. The van der Waals surface area contributed by atoms with Gasteiger partial charge in [0.1, 0.15) is 0 Å². The summed E-state index contributed by atoms with van der Waals surface area (Å²) in [5.74, 6) is -0.186. The van der Waals surface area contributed by atoms with E-state index in [-0.39, 0.29) is 17.3 Å². The Morgan fingerprint density at radius 3 is 2.10 bits per heavy atom. The summed E-state index contributed by atoms with van der Waals surface area (Å²) in [6.07, 6.45) is 1.72. The Kier molecular flexibility index (Phi) is 6.84. The number of nitrogens with one attached hydrogen (secondary N) is 1. The van der Waals surface area contributed by atoms with E-state index in [9.17, 15) is 13.2 Å². The van der Waals surface area contributed by atoms with Crippen molar-refractivity contribution in [1.82, 2.24) is 9.62 Å². The lowest BCUT2D eigenvalue weighted by atomic mass is 10.2. The Morgan fingerprint density at radius 2 is 1.62 bits per heavy atom. The van der Waals surface area contributed by atoms with E-state index in [4.69, 9.17) is 0 Å². The van der Waals surface area contributed by atoms with Gasteiger partial charge in [-0.25, -0.2) is 13.1 Å². The Hall–Kier alpha value is -1.40. The van der Waals surface area contributed by atoms with E-state index in [0.29, 0.717) is 13.1 Å². The molecule has 0 aliphatic rings. The molecule has 1 rings (SSSR count). The summed E-state index contributed by atoms with van der Waals surface area (Å²) in [5, 5.41) is 0. The Morgan fingerprint density at radius 1 is 1.10 bits per heavy atom. The molecule has 0 saturated heterocycles. The lowest BCUT2D eigenvalue weighted by molar-refractivity contribution is -0.130. The highest BCUT2D eigenvalue weighted by Crippen LogP contribution is 2.09. The number of hydrogen-bond acceptors (Lipinski definition) is 3. The van der Waals surface area contributed by atoms with E-state index in [2.05, 4.69) is 4.72 Å². The summed E-state index contributed by atoms with van der Waals surface area (Å²) >= 11 is 0. The number of hydrogen-bond donors (Lipinski definition) is 1. The first-order valence-corrected chi connectivity index (χ1v) is 8.73. The first kappa shape index (κ1) is 17.7. The molecule has 0 aliphatic carbocycles. The number of aryl methyl sites for hydroxylation is 1. The van der Waals surface area contributed by atoms with Crippen molar-refractivity contribution in [3.63, 3.8) is 0 Å². The minimum atomic E-state index is -3.63. The molecule has 21 heavy (non-hydrogen) atoms. The smallest absolute Gasteiger partial charge is 0.241 e. The molecular weight excluding hydrogens is 288 g/mol. The van der Waals surface area contributed by atoms with E-state index in [0.717, 1.165) is 18.4 Å². The van der Waals surface area contributed by atoms with Gasteiger partial charge in [-0.1, -0.05) is 31.5 Å². The van der Waals surface area contributed by atoms with Gasteiger partial charge in [0.05, 0.1) is 11.4 Å². The summed E-state index contributed by atoms with van der Waals surface area (Å²) in [5.41, 5.74) is 0.988. The quantitative estimate of drug-likeness (QED) is 0.797. The van der Waals surface area contributed by atoms with Crippen LogP contribution in [0.3, 0.4) is 0 Å². The van der Waals surface area contributed by atoms with Gasteiger partial charge in [0, 0.05) is 13.1 Å². The number of carbonyl (C=O) groups is 1. The van der Waals surface area contributed by atoms with Crippen LogP contribution in [0.1, 0.15) is 32.3 Å². The summed E-state index contributed by atoms with van der Waals surface area (Å²) < 4.78 is 26.6. The van der Waals surface area contributed by atoms with Crippen molar-refractivity contribution in [3.8, 4) is 0 Å². The average Bonchev–Trinajstić information content (AvgIpc) is 2.45. The number of rotatable bonds is 8. The second-order valence-corrected chi connectivity index (χ2v) is 6.79. The van der Waals surface area contributed by atoms with Gasteiger partial charge in [-0.3, -0.25) is 4.79 Å². The molecule has 0 atom stereocenters. The Balaban J connectivity index is 2.68. The van der Waals surface area contributed by atoms with Crippen LogP contribution in [0, 0.1) is 6.92 Å². The van der Waals surface area contributed by atoms with Crippen LogP contribution in [0.2, 0.25) is 0 Å². The van der Waals surface area contributed by atoms with Crippen molar-refractivity contribution in [3.05, 3.63) is 29.8 Å². The molecule has 1 aromatic rings. The first-order valence-electron chi connectivity index (χ1n) is 7.24. The first-order chi connectivity index (χ1) is 9.90. The number of sulfonamides is 1. The molecule has 1 aromatic carbocycles. The van der Waals surface area contributed by atoms with Crippen LogP contribution in [0.25, 0.3) is 0 Å². The molecule has 0 saturated carbocycles. The predicted octanol–water partition coefficient (Wildman–Crippen LogP) is 1.92. The van der Waals surface area contributed by atoms with Crippen LogP contribution in [-0.4, -0.2) is 38.9 Å². The molecule has 5 nitrogen and oxygen atoms in total. The van der Waals surface area contributed by atoms with Crippen molar-refractivity contribution < 1.29 is 13.2 Å². The zero-order chi connectivity index (χ0) is 15.9.